The molecular weight excluding hydrogens is 342 g/mol. The zero-order chi connectivity index (χ0) is 15.4. The molecule has 0 radical (unpaired) electrons. The summed E-state index contributed by atoms with van der Waals surface area (Å²) in [5.74, 6) is -1.54. The van der Waals surface area contributed by atoms with E-state index in [2.05, 4.69) is 15.9 Å². The van der Waals surface area contributed by atoms with Gasteiger partial charge in [-0.3, -0.25) is 9.59 Å². The minimum absolute atomic E-state index is 0.0529. The molecule has 1 fully saturated rings. The second-order valence-corrected chi connectivity index (χ2v) is 6.46. The van der Waals surface area contributed by atoms with Gasteiger partial charge in [0, 0.05) is 10.9 Å². The molecule has 1 saturated carbocycles. The summed E-state index contributed by atoms with van der Waals surface area (Å²) in [6.45, 7) is 0. The molecule has 0 aliphatic heterocycles. The first-order valence-corrected chi connectivity index (χ1v) is 7.96. The topological polar surface area (TPSA) is 34.1 Å². The molecule has 0 saturated heterocycles. The highest BCUT2D eigenvalue weighted by molar-refractivity contribution is 9.10. The van der Waals surface area contributed by atoms with Crippen LogP contribution in [0.4, 0.5) is 8.78 Å². The number of rotatable bonds is 5. The maximum Gasteiger partial charge on any atom is 0.304 e. The number of ketones is 1. The molecule has 2 atom stereocenters. The van der Waals surface area contributed by atoms with Crippen molar-refractivity contribution in [3.63, 3.8) is 0 Å². The van der Waals surface area contributed by atoms with Crippen LogP contribution in [0.1, 0.15) is 48.9 Å². The highest BCUT2D eigenvalue weighted by Crippen LogP contribution is 2.34. The van der Waals surface area contributed by atoms with Crippen molar-refractivity contribution in [1.29, 1.82) is 0 Å². The fourth-order valence-corrected chi connectivity index (χ4v) is 3.35. The largest absolute Gasteiger partial charge is 0.304 e. The number of carbonyl (C=O) groups is 2. The second kappa shape index (κ2) is 7.25. The molecule has 2 nitrogen and oxygen atoms in total. The van der Waals surface area contributed by atoms with E-state index in [-0.39, 0.29) is 23.7 Å². The first kappa shape index (κ1) is 16.3. The van der Waals surface area contributed by atoms with Crippen molar-refractivity contribution in [2.45, 2.75) is 38.5 Å². The predicted molar refractivity (Wildman–Crippen MR) is 79.2 cm³/mol. The van der Waals surface area contributed by atoms with Gasteiger partial charge in [0.15, 0.2) is 5.78 Å². The van der Waals surface area contributed by atoms with E-state index >= 15 is 0 Å². The van der Waals surface area contributed by atoms with Crippen molar-refractivity contribution in [1.82, 2.24) is 0 Å². The lowest BCUT2D eigenvalue weighted by molar-refractivity contribution is -0.136. The van der Waals surface area contributed by atoms with Gasteiger partial charge in [0.25, 0.3) is 0 Å². The normalized spacial score (nSPS) is 22.0. The third-order valence-corrected chi connectivity index (χ3v) is 4.67. The first-order valence-electron chi connectivity index (χ1n) is 7.16. The van der Waals surface area contributed by atoms with E-state index < -0.39 is 17.8 Å². The summed E-state index contributed by atoms with van der Waals surface area (Å²) in [5.41, 5.74) is 0.0529. The van der Waals surface area contributed by atoms with Crippen molar-refractivity contribution in [3.8, 4) is 0 Å². The van der Waals surface area contributed by atoms with Gasteiger partial charge in [-0.15, -0.1) is 0 Å². The Morgan fingerprint density at radius 2 is 1.95 bits per heavy atom. The van der Waals surface area contributed by atoms with Gasteiger partial charge in [0.2, 0.25) is 0 Å². The summed E-state index contributed by atoms with van der Waals surface area (Å²) >= 11 is 3.14. The van der Waals surface area contributed by atoms with Gasteiger partial charge in [-0.2, -0.15) is 4.39 Å². The van der Waals surface area contributed by atoms with E-state index in [0.29, 0.717) is 17.3 Å². The number of Topliss-reactive ketones (excluding diaryl/α,β-unsaturated/α-hetero) is 1. The lowest BCUT2D eigenvalue weighted by Crippen LogP contribution is -2.25. The van der Waals surface area contributed by atoms with Crippen LogP contribution >= 0.6 is 15.9 Å². The number of benzene rings is 1. The standard InChI is InChI=1S/C16H17BrF2O2/c17-11-6-7-13(14(18)9-11)15(20)8-5-10-3-1-2-4-12(10)16(19)21/h6-7,9-10,12H,1-5,8H2. The quantitative estimate of drug-likeness (QED) is 0.556. The Labute approximate surface area is 131 Å². The van der Waals surface area contributed by atoms with Crippen LogP contribution in [-0.2, 0) is 4.79 Å². The third kappa shape index (κ3) is 4.19. The van der Waals surface area contributed by atoms with Gasteiger partial charge < -0.3 is 0 Å². The van der Waals surface area contributed by atoms with Crippen LogP contribution in [0, 0.1) is 17.7 Å². The van der Waals surface area contributed by atoms with E-state index in [4.69, 9.17) is 0 Å². The molecule has 1 aliphatic rings. The Morgan fingerprint density at radius 1 is 1.24 bits per heavy atom. The lowest BCUT2D eigenvalue weighted by Gasteiger charge is -2.27. The maximum atomic E-state index is 13.7. The zero-order valence-electron chi connectivity index (χ0n) is 11.6. The van der Waals surface area contributed by atoms with Gasteiger partial charge in [0.05, 0.1) is 11.5 Å². The zero-order valence-corrected chi connectivity index (χ0v) is 13.2. The number of hydrogen-bond donors (Lipinski definition) is 0. The molecule has 1 aromatic carbocycles. The Kier molecular flexibility index (Phi) is 5.62. The minimum Gasteiger partial charge on any atom is -0.294 e. The molecule has 0 amide bonds. The number of carbonyl (C=O) groups excluding carboxylic acids is 2. The molecule has 1 aromatic rings. The summed E-state index contributed by atoms with van der Waals surface area (Å²) < 4.78 is 27.3. The SMILES string of the molecule is O=C(CCC1CCCCC1C(=O)F)c1ccc(Br)cc1F. The van der Waals surface area contributed by atoms with Crippen molar-refractivity contribution in [2.24, 2.45) is 11.8 Å². The third-order valence-electron chi connectivity index (χ3n) is 4.17. The van der Waals surface area contributed by atoms with Gasteiger partial charge in [-0.1, -0.05) is 28.8 Å². The summed E-state index contributed by atoms with van der Waals surface area (Å²) in [6.07, 6.45) is 3.71. The molecule has 5 heteroatoms. The average molecular weight is 359 g/mol. The maximum absolute atomic E-state index is 13.7. The van der Waals surface area contributed by atoms with E-state index in [1.807, 2.05) is 0 Å². The van der Waals surface area contributed by atoms with Gasteiger partial charge >= 0.3 is 6.04 Å². The first-order chi connectivity index (χ1) is 9.99. The van der Waals surface area contributed by atoms with Crippen molar-refractivity contribution >= 4 is 27.8 Å². The summed E-state index contributed by atoms with van der Waals surface area (Å²) in [5, 5.41) is 0. The molecule has 0 spiro atoms. The van der Waals surface area contributed by atoms with Gasteiger partial charge in [0.1, 0.15) is 5.82 Å². The van der Waals surface area contributed by atoms with Crippen LogP contribution < -0.4 is 0 Å². The van der Waals surface area contributed by atoms with Crippen LogP contribution in [0.3, 0.4) is 0 Å². The van der Waals surface area contributed by atoms with Crippen LogP contribution in [-0.4, -0.2) is 11.8 Å². The molecule has 2 unspecified atom stereocenters. The Hall–Kier alpha value is -1.10. The van der Waals surface area contributed by atoms with E-state index in [1.54, 1.807) is 6.07 Å². The number of hydrogen-bond acceptors (Lipinski definition) is 2. The van der Waals surface area contributed by atoms with E-state index in [1.165, 1.54) is 12.1 Å². The fourth-order valence-electron chi connectivity index (χ4n) is 3.02. The van der Waals surface area contributed by atoms with Crippen LogP contribution in [0.5, 0.6) is 0 Å². The van der Waals surface area contributed by atoms with E-state index in [0.717, 1.165) is 19.3 Å². The molecule has 21 heavy (non-hydrogen) atoms. The lowest BCUT2D eigenvalue weighted by atomic mass is 9.77. The van der Waals surface area contributed by atoms with Crippen LogP contribution in [0.15, 0.2) is 22.7 Å². The Bertz CT molecular complexity index is 545. The summed E-state index contributed by atoms with van der Waals surface area (Å²) in [4.78, 5) is 23.1. The van der Waals surface area contributed by atoms with Gasteiger partial charge in [-0.05, 0) is 43.4 Å². The smallest absolute Gasteiger partial charge is 0.294 e. The molecule has 0 N–H and O–H groups in total. The Morgan fingerprint density at radius 3 is 2.62 bits per heavy atom. The van der Waals surface area contributed by atoms with Crippen molar-refractivity contribution in [2.75, 3.05) is 0 Å². The molecule has 0 bridgehead atoms. The second-order valence-electron chi connectivity index (χ2n) is 5.54. The average Bonchev–Trinajstić information content (AvgIpc) is 2.45. The summed E-state index contributed by atoms with van der Waals surface area (Å²) in [6, 6.07) is 3.04. The molecule has 0 heterocycles. The fraction of sp³-hybridized carbons (Fsp3) is 0.500. The van der Waals surface area contributed by atoms with Crippen molar-refractivity contribution < 1.29 is 18.4 Å². The monoisotopic (exact) mass is 358 g/mol. The van der Waals surface area contributed by atoms with Crippen molar-refractivity contribution in [3.05, 3.63) is 34.1 Å². The number of halogens is 3. The molecule has 2 rings (SSSR count). The molecule has 1 aliphatic carbocycles. The minimum atomic E-state index is -1.28. The van der Waals surface area contributed by atoms with Crippen LogP contribution in [0.2, 0.25) is 0 Å². The van der Waals surface area contributed by atoms with Gasteiger partial charge in [-0.25, -0.2) is 4.39 Å². The highest BCUT2D eigenvalue weighted by atomic mass is 79.9. The molecular formula is C16H17BrF2O2. The molecule has 0 aromatic heterocycles. The highest BCUT2D eigenvalue weighted by Gasteiger charge is 2.31. The van der Waals surface area contributed by atoms with Crippen LogP contribution in [0.25, 0.3) is 0 Å². The predicted octanol–water partition coefficient (Wildman–Crippen LogP) is 4.85. The molecule has 114 valence electrons. The Balaban J connectivity index is 1.98. The summed E-state index contributed by atoms with van der Waals surface area (Å²) in [7, 11) is 0. The van der Waals surface area contributed by atoms with E-state index in [9.17, 15) is 18.4 Å².